The van der Waals surface area contributed by atoms with E-state index in [4.69, 9.17) is 4.74 Å². The van der Waals surface area contributed by atoms with E-state index in [-0.39, 0.29) is 12.3 Å². The number of rotatable bonds is 8. The number of fused-ring (bicyclic) bond motifs is 1. The zero-order valence-corrected chi connectivity index (χ0v) is 16.4. The van der Waals surface area contributed by atoms with Crippen LogP contribution in [0.25, 0.3) is 10.9 Å². The van der Waals surface area contributed by atoms with Crippen molar-refractivity contribution in [1.29, 1.82) is 0 Å². The second-order valence-electron chi connectivity index (χ2n) is 6.77. The van der Waals surface area contributed by atoms with Crippen LogP contribution in [0.3, 0.4) is 0 Å². The first kappa shape index (κ1) is 21.6. The van der Waals surface area contributed by atoms with E-state index >= 15 is 0 Å². The van der Waals surface area contributed by atoms with Crippen molar-refractivity contribution in [1.82, 2.24) is 4.98 Å². The molecule has 3 aromatic rings. The van der Waals surface area contributed by atoms with Crippen molar-refractivity contribution in [2.75, 3.05) is 30.9 Å². The van der Waals surface area contributed by atoms with Crippen molar-refractivity contribution in [2.45, 2.75) is 19.0 Å². The normalized spacial score (nSPS) is 11.5. The number of alkyl halides is 3. The maximum atomic E-state index is 12.6. The molecule has 0 saturated carbocycles. The highest BCUT2D eigenvalue weighted by atomic mass is 19.4. The first-order chi connectivity index (χ1) is 14.3. The molecule has 158 valence electrons. The van der Waals surface area contributed by atoms with Gasteiger partial charge in [-0.05, 0) is 54.4 Å². The molecule has 0 aliphatic carbocycles. The van der Waals surface area contributed by atoms with Crippen LogP contribution in [0.2, 0.25) is 0 Å². The van der Waals surface area contributed by atoms with Gasteiger partial charge in [0.1, 0.15) is 5.82 Å². The Balaban J connectivity index is 1.56. The number of hydrogen-bond acceptors (Lipinski definition) is 4. The summed E-state index contributed by atoms with van der Waals surface area (Å²) in [6, 6.07) is 14.0. The molecule has 2 aromatic carbocycles. The molecule has 0 aliphatic rings. The topological polar surface area (TPSA) is 63.2 Å². The molecular weight excluding hydrogens is 395 g/mol. The quantitative estimate of drug-likeness (QED) is 0.513. The average molecular weight is 417 g/mol. The number of hydrogen-bond donors (Lipinski definition) is 2. The van der Waals surface area contributed by atoms with E-state index in [1.807, 2.05) is 24.3 Å². The largest absolute Gasteiger partial charge is 0.416 e. The van der Waals surface area contributed by atoms with Gasteiger partial charge >= 0.3 is 6.18 Å². The number of halogens is 3. The van der Waals surface area contributed by atoms with Crippen LogP contribution in [0.5, 0.6) is 0 Å². The van der Waals surface area contributed by atoms with E-state index in [1.165, 1.54) is 12.1 Å². The number of aryl methyl sites for hydroxylation is 1. The van der Waals surface area contributed by atoms with Crippen molar-refractivity contribution in [3.8, 4) is 0 Å². The smallest absolute Gasteiger partial charge is 0.383 e. The van der Waals surface area contributed by atoms with E-state index in [2.05, 4.69) is 15.6 Å². The van der Waals surface area contributed by atoms with E-state index in [1.54, 1.807) is 13.2 Å². The fourth-order valence-corrected chi connectivity index (χ4v) is 2.92. The third kappa shape index (κ3) is 5.93. The van der Waals surface area contributed by atoms with Crippen molar-refractivity contribution in [3.63, 3.8) is 0 Å². The summed E-state index contributed by atoms with van der Waals surface area (Å²) >= 11 is 0. The fraction of sp³-hybridized carbons (Fsp3) is 0.273. The zero-order valence-electron chi connectivity index (χ0n) is 16.4. The van der Waals surface area contributed by atoms with Gasteiger partial charge in [0.2, 0.25) is 5.91 Å². The number of aromatic nitrogens is 1. The van der Waals surface area contributed by atoms with Gasteiger partial charge in [-0.1, -0.05) is 12.1 Å². The predicted octanol–water partition coefficient (Wildman–Crippen LogP) is 4.88. The Morgan fingerprint density at radius 2 is 1.83 bits per heavy atom. The molecule has 0 fully saturated rings. The Bertz CT molecular complexity index is 1000. The molecule has 0 aliphatic heterocycles. The standard InChI is InChI=1S/C22H22F3N3O2/c1-30-13-12-26-20-10-5-16-14-18(8-9-19(16)28-20)27-21(29)11-4-15-2-6-17(7-3-15)22(23,24)25/h2-3,5-10,14H,4,11-13H2,1H3,(H,26,28)(H,27,29). The lowest BCUT2D eigenvalue weighted by Crippen LogP contribution is -2.12. The van der Waals surface area contributed by atoms with Crippen molar-refractivity contribution < 1.29 is 22.7 Å². The molecule has 1 aromatic heterocycles. The van der Waals surface area contributed by atoms with E-state index in [0.29, 0.717) is 30.8 Å². The van der Waals surface area contributed by atoms with Crippen LogP contribution < -0.4 is 10.6 Å². The number of carbonyl (C=O) groups excluding carboxylic acids is 1. The maximum Gasteiger partial charge on any atom is 0.416 e. The van der Waals surface area contributed by atoms with Gasteiger partial charge in [0.25, 0.3) is 0 Å². The van der Waals surface area contributed by atoms with Gasteiger partial charge in [0, 0.05) is 31.1 Å². The van der Waals surface area contributed by atoms with Crippen LogP contribution in [-0.2, 0) is 22.1 Å². The van der Waals surface area contributed by atoms with Gasteiger partial charge < -0.3 is 15.4 Å². The SMILES string of the molecule is COCCNc1ccc2cc(NC(=O)CCc3ccc(C(F)(F)F)cc3)ccc2n1. The Labute approximate surface area is 172 Å². The Morgan fingerprint density at radius 3 is 2.53 bits per heavy atom. The number of carbonyl (C=O) groups is 1. The number of nitrogens with one attached hydrogen (secondary N) is 2. The Morgan fingerprint density at radius 1 is 1.07 bits per heavy atom. The molecule has 5 nitrogen and oxygen atoms in total. The summed E-state index contributed by atoms with van der Waals surface area (Å²) < 4.78 is 42.8. The van der Waals surface area contributed by atoms with Crippen LogP contribution in [0, 0.1) is 0 Å². The fourth-order valence-electron chi connectivity index (χ4n) is 2.92. The Hall–Kier alpha value is -3.13. The minimum Gasteiger partial charge on any atom is -0.383 e. The minimum atomic E-state index is -4.36. The molecule has 1 amide bonds. The number of pyridine rings is 1. The highest BCUT2D eigenvalue weighted by molar-refractivity contribution is 5.94. The summed E-state index contributed by atoms with van der Waals surface area (Å²) in [4.78, 5) is 16.7. The monoisotopic (exact) mass is 417 g/mol. The number of benzene rings is 2. The number of anilines is 2. The number of ether oxygens (including phenoxy) is 1. The summed E-state index contributed by atoms with van der Waals surface area (Å²) in [6.07, 6.45) is -3.83. The maximum absolute atomic E-state index is 12.6. The molecular formula is C22H22F3N3O2. The average Bonchev–Trinajstić information content (AvgIpc) is 2.72. The molecule has 0 spiro atoms. The first-order valence-electron chi connectivity index (χ1n) is 9.45. The lowest BCUT2D eigenvalue weighted by Gasteiger charge is -2.09. The van der Waals surface area contributed by atoms with Gasteiger partial charge in [0.05, 0.1) is 17.7 Å². The number of methoxy groups -OCH3 is 1. The summed E-state index contributed by atoms with van der Waals surface area (Å²) in [5, 5.41) is 6.86. The third-order valence-corrected chi connectivity index (χ3v) is 4.51. The lowest BCUT2D eigenvalue weighted by atomic mass is 10.1. The van der Waals surface area contributed by atoms with Gasteiger partial charge in [-0.25, -0.2) is 4.98 Å². The van der Waals surface area contributed by atoms with E-state index < -0.39 is 11.7 Å². The molecule has 0 radical (unpaired) electrons. The van der Waals surface area contributed by atoms with Gasteiger partial charge in [0.15, 0.2) is 0 Å². The second kappa shape index (κ2) is 9.58. The first-order valence-corrected chi connectivity index (χ1v) is 9.45. The third-order valence-electron chi connectivity index (χ3n) is 4.51. The summed E-state index contributed by atoms with van der Waals surface area (Å²) in [7, 11) is 1.63. The number of nitrogens with zero attached hydrogens (tertiary/aromatic N) is 1. The van der Waals surface area contributed by atoms with Crippen LogP contribution in [0.4, 0.5) is 24.7 Å². The molecule has 30 heavy (non-hydrogen) atoms. The molecule has 2 N–H and O–H groups in total. The highest BCUT2D eigenvalue weighted by Gasteiger charge is 2.29. The molecule has 0 unspecified atom stereocenters. The van der Waals surface area contributed by atoms with Crippen molar-refractivity contribution >= 4 is 28.3 Å². The number of amides is 1. The minimum absolute atomic E-state index is 0.171. The van der Waals surface area contributed by atoms with Gasteiger partial charge in [-0.2, -0.15) is 13.2 Å². The molecule has 3 rings (SSSR count). The van der Waals surface area contributed by atoms with Crippen LogP contribution in [0.15, 0.2) is 54.6 Å². The summed E-state index contributed by atoms with van der Waals surface area (Å²) in [6.45, 7) is 1.24. The van der Waals surface area contributed by atoms with E-state index in [0.717, 1.165) is 28.9 Å². The Kier molecular flexibility index (Phi) is 6.89. The van der Waals surface area contributed by atoms with Crippen LogP contribution >= 0.6 is 0 Å². The predicted molar refractivity (Wildman–Crippen MR) is 111 cm³/mol. The lowest BCUT2D eigenvalue weighted by molar-refractivity contribution is -0.137. The van der Waals surface area contributed by atoms with Crippen LogP contribution in [0.1, 0.15) is 17.5 Å². The zero-order chi connectivity index (χ0) is 21.6. The van der Waals surface area contributed by atoms with Crippen molar-refractivity contribution in [2.24, 2.45) is 0 Å². The van der Waals surface area contributed by atoms with Crippen LogP contribution in [-0.4, -0.2) is 31.2 Å². The second-order valence-corrected chi connectivity index (χ2v) is 6.77. The van der Waals surface area contributed by atoms with Gasteiger partial charge in [-0.3, -0.25) is 4.79 Å². The van der Waals surface area contributed by atoms with E-state index in [9.17, 15) is 18.0 Å². The highest BCUT2D eigenvalue weighted by Crippen LogP contribution is 2.29. The molecule has 0 atom stereocenters. The van der Waals surface area contributed by atoms with Gasteiger partial charge in [-0.15, -0.1) is 0 Å². The molecule has 8 heteroatoms. The molecule has 0 saturated heterocycles. The molecule has 1 heterocycles. The summed E-state index contributed by atoms with van der Waals surface area (Å²) in [5.41, 5.74) is 1.41. The van der Waals surface area contributed by atoms with Crippen molar-refractivity contribution in [3.05, 3.63) is 65.7 Å². The summed E-state index contributed by atoms with van der Waals surface area (Å²) in [5.74, 6) is 0.535. The molecule has 0 bridgehead atoms.